The average Bonchev–Trinajstić information content (AvgIpc) is 2.71. The molecule has 2 N–H and O–H groups in total. The summed E-state index contributed by atoms with van der Waals surface area (Å²) in [5.41, 5.74) is 2.39. The van der Waals surface area contributed by atoms with Gasteiger partial charge >= 0.3 is 0 Å². The lowest BCUT2D eigenvalue weighted by Crippen LogP contribution is -2.24. The van der Waals surface area contributed by atoms with Crippen LogP contribution in [0.5, 0.6) is 0 Å². The number of nitrogens with zero attached hydrogens (tertiary/aromatic N) is 2. The number of anilines is 1. The molecule has 6 heteroatoms. The molecular weight excluding hydrogens is 343 g/mol. The molecule has 0 fully saturated rings. The summed E-state index contributed by atoms with van der Waals surface area (Å²) in [7, 11) is 0. The van der Waals surface area contributed by atoms with E-state index >= 15 is 0 Å². The molecule has 0 atom stereocenters. The SMILES string of the molecule is O=C(NCc1ccc(F)cc1)c1ccnc(NCCCc2ccccc2)n1. The molecule has 0 bridgehead atoms. The van der Waals surface area contributed by atoms with Crippen LogP contribution in [0.15, 0.2) is 66.9 Å². The van der Waals surface area contributed by atoms with Crippen LogP contribution in [-0.4, -0.2) is 22.4 Å². The molecule has 2 aromatic carbocycles. The summed E-state index contributed by atoms with van der Waals surface area (Å²) in [5, 5.41) is 5.92. The molecule has 1 aromatic heterocycles. The lowest BCUT2D eigenvalue weighted by Gasteiger charge is -2.08. The van der Waals surface area contributed by atoms with E-state index in [2.05, 4.69) is 32.7 Å². The Hall–Kier alpha value is -3.28. The lowest BCUT2D eigenvalue weighted by atomic mass is 10.1. The molecule has 0 spiro atoms. The standard InChI is InChI=1S/C21H21FN4O/c22-18-10-8-17(9-11-18)15-25-20(27)19-12-14-24-21(26-19)23-13-4-7-16-5-2-1-3-6-16/h1-3,5-6,8-12,14H,4,7,13,15H2,(H,25,27)(H,23,24,26). The molecule has 0 aliphatic heterocycles. The molecule has 5 nitrogen and oxygen atoms in total. The summed E-state index contributed by atoms with van der Waals surface area (Å²) in [6, 6.07) is 17.8. The summed E-state index contributed by atoms with van der Waals surface area (Å²) in [4.78, 5) is 20.6. The number of carbonyl (C=O) groups excluding carboxylic acids is 1. The minimum atomic E-state index is -0.302. The second-order valence-corrected chi connectivity index (χ2v) is 6.09. The van der Waals surface area contributed by atoms with E-state index in [1.807, 2.05) is 18.2 Å². The van der Waals surface area contributed by atoms with Crippen molar-refractivity contribution in [2.45, 2.75) is 19.4 Å². The van der Waals surface area contributed by atoms with Crippen molar-refractivity contribution in [1.29, 1.82) is 0 Å². The number of aromatic nitrogens is 2. The monoisotopic (exact) mass is 364 g/mol. The van der Waals surface area contributed by atoms with Gasteiger partial charge in [0.1, 0.15) is 11.5 Å². The van der Waals surface area contributed by atoms with E-state index in [1.54, 1.807) is 24.4 Å². The van der Waals surface area contributed by atoms with Crippen LogP contribution in [0.1, 0.15) is 28.0 Å². The second kappa shape index (κ2) is 9.43. The second-order valence-electron chi connectivity index (χ2n) is 6.09. The Labute approximate surface area is 157 Å². The van der Waals surface area contributed by atoms with Gasteiger partial charge in [0.2, 0.25) is 5.95 Å². The largest absolute Gasteiger partial charge is 0.354 e. The third-order valence-corrected chi connectivity index (χ3v) is 4.02. The van der Waals surface area contributed by atoms with E-state index in [1.165, 1.54) is 17.7 Å². The molecule has 0 saturated carbocycles. The number of hydrogen-bond acceptors (Lipinski definition) is 4. The molecule has 1 heterocycles. The molecular formula is C21H21FN4O. The van der Waals surface area contributed by atoms with Gasteiger partial charge in [-0.1, -0.05) is 42.5 Å². The summed E-state index contributed by atoms with van der Waals surface area (Å²) >= 11 is 0. The van der Waals surface area contributed by atoms with Crippen molar-refractivity contribution in [3.63, 3.8) is 0 Å². The van der Waals surface area contributed by atoms with Crippen LogP contribution in [0.4, 0.5) is 10.3 Å². The zero-order valence-corrected chi connectivity index (χ0v) is 14.9. The summed E-state index contributed by atoms with van der Waals surface area (Å²) in [6.07, 6.45) is 3.46. The zero-order chi connectivity index (χ0) is 18.9. The minimum Gasteiger partial charge on any atom is -0.354 e. The zero-order valence-electron chi connectivity index (χ0n) is 14.9. The molecule has 3 aromatic rings. The summed E-state index contributed by atoms with van der Waals surface area (Å²) in [5.74, 6) is -0.171. The number of nitrogens with one attached hydrogen (secondary N) is 2. The van der Waals surface area contributed by atoms with Crippen molar-refractivity contribution < 1.29 is 9.18 Å². The molecule has 0 unspecified atom stereocenters. The van der Waals surface area contributed by atoms with Gasteiger partial charge in [0.15, 0.2) is 0 Å². The number of benzene rings is 2. The molecule has 0 aliphatic rings. The van der Waals surface area contributed by atoms with Gasteiger partial charge in [0.05, 0.1) is 0 Å². The Bertz CT molecular complexity index is 869. The average molecular weight is 364 g/mol. The third-order valence-electron chi connectivity index (χ3n) is 4.02. The lowest BCUT2D eigenvalue weighted by molar-refractivity contribution is 0.0946. The van der Waals surface area contributed by atoms with Crippen LogP contribution in [0.3, 0.4) is 0 Å². The Balaban J connectivity index is 1.47. The highest BCUT2D eigenvalue weighted by molar-refractivity contribution is 5.92. The van der Waals surface area contributed by atoms with Gasteiger partial charge in [-0.2, -0.15) is 0 Å². The summed E-state index contributed by atoms with van der Waals surface area (Å²) < 4.78 is 12.9. The quantitative estimate of drug-likeness (QED) is 0.600. The highest BCUT2D eigenvalue weighted by Crippen LogP contribution is 2.06. The predicted molar refractivity (Wildman–Crippen MR) is 103 cm³/mol. The van der Waals surface area contributed by atoms with Gasteiger partial charge in [-0.25, -0.2) is 14.4 Å². The Kier molecular flexibility index (Phi) is 6.46. The van der Waals surface area contributed by atoms with Crippen molar-refractivity contribution >= 4 is 11.9 Å². The number of halogens is 1. The van der Waals surface area contributed by atoms with E-state index in [4.69, 9.17) is 0 Å². The third kappa shape index (κ3) is 5.88. The number of aryl methyl sites for hydroxylation is 1. The van der Waals surface area contributed by atoms with Crippen LogP contribution in [0.25, 0.3) is 0 Å². The van der Waals surface area contributed by atoms with Crippen molar-refractivity contribution in [1.82, 2.24) is 15.3 Å². The normalized spacial score (nSPS) is 10.4. The molecule has 3 rings (SSSR count). The van der Waals surface area contributed by atoms with Crippen LogP contribution in [-0.2, 0) is 13.0 Å². The van der Waals surface area contributed by atoms with Crippen LogP contribution < -0.4 is 10.6 Å². The van der Waals surface area contributed by atoms with Crippen molar-refractivity contribution in [3.05, 3.63) is 89.5 Å². The number of amides is 1. The van der Waals surface area contributed by atoms with E-state index in [0.29, 0.717) is 12.5 Å². The predicted octanol–water partition coefficient (Wildman–Crippen LogP) is 3.59. The molecule has 0 aliphatic carbocycles. The van der Waals surface area contributed by atoms with Crippen LogP contribution in [0.2, 0.25) is 0 Å². The Morgan fingerprint density at radius 1 is 0.963 bits per heavy atom. The minimum absolute atomic E-state index is 0.290. The van der Waals surface area contributed by atoms with Crippen molar-refractivity contribution in [2.24, 2.45) is 0 Å². The van der Waals surface area contributed by atoms with Gasteiger partial charge in [-0.3, -0.25) is 4.79 Å². The molecule has 1 amide bonds. The first kappa shape index (κ1) is 18.5. The van der Waals surface area contributed by atoms with Crippen molar-refractivity contribution in [3.8, 4) is 0 Å². The molecule has 138 valence electrons. The topological polar surface area (TPSA) is 66.9 Å². The molecule has 0 radical (unpaired) electrons. The van der Waals surface area contributed by atoms with E-state index in [9.17, 15) is 9.18 Å². The number of carbonyl (C=O) groups is 1. The fraction of sp³-hybridized carbons (Fsp3) is 0.190. The number of hydrogen-bond donors (Lipinski definition) is 2. The fourth-order valence-corrected chi connectivity index (χ4v) is 2.58. The first-order chi connectivity index (χ1) is 13.2. The fourth-order valence-electron chi connectivity index (χ4n) is 2.58. The Morgan fingerprint density at radius 2 is 1.74 bits per heavy atom. The van der Waals surface area contributed by atoms with Gasteiger partial charge in [-0.05, 0) is 42.2 Å². The van der Waals surface area contributed by atoms with Crippen molar-refractivity contribution in [2.75, 3.05) is 11.9 Å². The highest BCUT2D eigenvalue weighted by atomic mass is 19.1. The smallest absolute Gasteiger partial charge is 0.270 e. The van der Waals surface area contributed by atoms with Gasteiger partial charge < -0.3 is 10.6 Å². The van der Waals surface area contributed by atoms with Crippen LogP contribution >= 0.6 is 0 Å². The summed E-state index contributed by atoms with van der Waals surface area (Å²) in [6.45, 7) is 1.03. The Morgan fingerprint density at radius 3 is 2.52 bits per heavy atom. The van der Waals surface area contributed by atoms with Gasteiger partial charge in [-0.15, -0.1) is 0 Å². The first-order valence-electron chi connectivity index (χ1n) is 8.84. The molecule has 0 saturated heterocycles. The van der Waals surface area contributed by atoms with Gasteiger partial charge in [0.25, 0.3) is 5.91 Å². The highest BCUT2D eigenvalue weighted by Gasteiger charge is 2.08. The van der Waals surface area contributed by atoms with Crippen LogP contribution in [0, 0.1) is 5.82 Å². The van der Waals surface area contributed by atoms with E-state index < -0.39 is 0 Å². The van der Waals surface area contributed by atoms with Gasteiger partial charge in [0, 0.05) is 19.3 Å². The maximum atomic E-state index is 12.9. The maximum Gasteiger partial charge on any atom is 0.270 e. The number of rotatable bonds is 8. The molecule has 27 heavy (non-hydrogen) atoms. The first-order valence-corrected chi connectivity index (χ1v) is 8.84. The van der Waals surface area contributed by atoms with E-state index in [-0.39, 0.29) is 17.4 Å². The van der Waals surface area contributed by atoms with E-state index in [0.717, 1.165) is 24.9 Å². The maximum absolute atomic E-state index is 12.9.